The summed E-state index contributed by atoms with van der Waals surface area (Å²) in [5.41, 5.74) is -0.761. The van der Waals surface area contributed by atoms with Crippen molar-refractivity contribution in [1.82, 2.24) is 10.0 Å². The van der Waals surface area contributed by atoms with Crippen molar-refractivity contribution in [2.45, 2.75) is 6.42 Å². The number of amides is 3. The van der Waals surface area contributed by atoms with Crippen molar-refractivity contribution in [3.8, 4) is 5.75 Å². The number of methoxy groups -OCH3 is 1. The van der Waals surface area contributed by atoms with E-state index in [1.807, 2.05) is 0 Å². The van der Waals surface area contributed by atoms with Crippen molar-refractivity contribution in [2.75, 3.05) is 36.4 Å². The number of nitrogens with zero attached hydrogens (tertiary/aromatic N) is 1. The Morgan fingerprint density at radius 3 is 2.76 bits per heavy atom. The highest BCUT2D eigenvalue weighted by Crippen LogP contribution is 2.35. The number of hydrogen-bond acceptors (Lipinski definition) is 6. The van der Waals surface area contributed by atoms with E-state index in [-0.39, 0.29) is 5.69 Å². The lowest BCUT2D eigenvalue weighted by atomic mass is 10.2. The van der Waals surface area contributed by atoms with E-state index in [9.17, 15) is 27.5 Å². The van der Waals surface area contributed by atoms with Gasteiger partial charge in [0.2, 0.25) is 0 Å². The van der Waals surface area contributed by atoms with Gasteiger partial charge in [0.05, 0.1) is 0 Å². The Bertz CT molecular complexity index is 762. The number of phenols is 1. The van der Waals surface area contributed by atoms with Crippen molar-refractivity contribution in [3.63, 3.8) is 0 Å². The molecular formula is C13H17FN4O6S. The van der Waals surface area contributed by atoms with Crippen LogP contribution in [0.1, 0.15) is 6.42 Å². The van der Waals surface area contributed by atoms with Crippen LogP contribution in [-0.2, 0) is 19.7 Å². The molecule has 4 N–H and O–H groups in total. The average molecular weight is 376 g/mol. The van der Waals surface area contributed by atoms with Gasteiger partial charge < -0.3 is 20.5 Å². The van der Waals surface area contributed by atoms with E-state index in [0.717, 1.165) is 12.1 Å². The van der Waals surface area contributed by atoms with Gasteiger partial charge in [-0.1, -0.05) is 0 Å². The number of phenolic OH excluding ortho intramolecular Hbond substituents is 1. The predicted molar refractivity (Wildman–Crippen MR) is 86.0 cm³/mol. The number of nitrogens with one attached hydrogen (secondary N) is 3. The Balaban J connectivity index is 2.12. The van der Waals surface area contributed by atoms with Crippen LogP contribution in [0.3, 0.4) is 0 Å². The minimum atomic E-state index is -4.27. The van der Waals surface area contributed by atoms with E-state index in [0.29, 0.717) is 23.9 Å². The van der Waals surface area contributed by atoms with E-state index in [2.05, 4.69) is 10.6 Å². The van der Waals surface area contributed by atoms with Gasteiger partial charge in [-0.25, -0.2) is 18.2 Å². The molecule has 1 aromatic rings. The van der Waals surface area contributed by atoms with Crippen LogP contribution in [0.2, 0.25) is 0 Å². The minimum Gasteiger partial charge on any atom is -0.506 e. The number of rotatable bonds is 6. The van der Waals surface area contributed by atoms with Crippen molar-refractivity contribution < 1.29 is 32.2 Å². The Morgan fingerprint density at radius 2 is 2.20 bits per heavy atom. The maximum Gasteiger partial charge on any atom is 0.326 e. The SMILES string of the molecule is COCCCNC(=O)Nc1cc(O)c(N2CC(=O)NS2(=O)=O)c(F)c1. The summed E-state index contributed by atoms with van der Waals surface area (Å²) in [6, 6.07) is 1.18. The zero-order chi connectivity index (χ0) is 18.6. The van der Waals surface area contributed by atoms with E-state index in [4.69, 9.17) is 4.74 Å². The first-order valence-corrected chi connectivity index (χ1v) is 8.58. The van der Waals surface area contributed by atoms with Gasteiger partial charge in [0.1, 0.15) is 18.0 Å². The number of carbonyl (C=O) groups excluding carboxylic acids is 2. The summed E-state index contributed by atoms with van der Waals surface area (Å²) in [7, 11) is -2.74. The summed E-state index contributed by atoms with van der Waals surface area (Å²) < 4.78 is 44.6. The number of aromatic hydroxyl groups is 1. The lowest BCUT2D eigenvalue weighted by Gasteiger charge is -2.18. The molecule has 12 heteroatoms. The molecule has 0 bridgehead atoms. The summed E-state index contributed by atoms with van der Waals surface area (Å²) in [4.78, 5) is 22.9. The fourth-order valence-electron chi connectivity index (χ4n) is 2.14. The zero-order valence-electron chi connectivity index (χ0n) is 13.2. The number of hydrogen-bond donors (Lipinski definition) is 4. The van der Waals surface area contributed by atoms with Crippen LogP contribution in [-0.4, -0.2) is 52.3 Å². The molecule has 138 valence electrons. The number of halogens is 1. The summed E-state index contributed by atoms with van der Waals surface area (Å²) in [6.45, 7) is 0.132. The maximum absolute atomic E-state index is 14.2. The molecule has 1 fully saturated rings. The first kappa shape index (κ1) is 18.7. The number of ether oxygens (including phenoxy) is 1. The Hall–Kier alpha value is -2.60. The molecule has 0 radical (unpaired) electrons. The predicted octanol–water partition coefficient (Wildman–Crippen LogP) is -0.130. The molecule has 3 amide bonds. The minimum absolute atomic E-state index is 0.0844. The van der Waals surface area contributed by atoms with Crippen LogP contribution in [0.25, 0.3) is 0 Å². The second kappa shape index (κ2) is 7.53. The molecule has 10 nitrogen and oxygen atoms in total. The van der Waals surface area contributed by atoms with Crippen LogP contribution in [0.5, 0.6) is 5.75 Å². The number of carbonyl (C=O) groups is 2. The third kappa shape index (κ3) is 4.48. The Labute approximate surface area is 143 Å². The molecule has 1 aromatic carbocycles. The molecule has 0 aromatic heterocycles. The van der Waals surface area contributed by atoms with Gasteiger partial charge in [0.15, 0.2) is 5.82 Å². The highest BCUT2D eigenvalue weighted by atomic mass is 32.2. The largest absolute Gasteiger partial charge is 0.506 e. The van der Waals surface area contributed by atoms with Gasteiger partial charge in [-0.3, -0.25) is 4.79 Å². The summed E-state index contributed by atoms with van der Waals surface area (Å²) in [5.74, 6) is -2.71. The van der Waals surface area contributed by atoms with Gasteiger partial charge in [0, 0.05) is 32.0 Å². The number of benzene rings is 1. The van der Waals surface area contributed by atoms with Gasteiger partial charge in [-0.2, -0.15) is 8.42 Å². The number of urea groups is 1. The van der Waals surface area contributed by atoms with E-state index in [1.54, 1.807) is 4.72 Å². The molecule has 1 saturated heterocycles. The fraction of sp³-hybridized carbons (Fsp3) is 0.385. The molecule has 1 heterocycles. The van der Waals surface area contributed by atoms with Crippen LogP contribution < -0.4 is 19.7 Å². The molecule has 1 aliphatic rings. The maximum atomic E-state index is 14.2. The normalized spacial score (nSPS) is 15.8. The molecule has 25 heavy (non-hydrogen) atoms. The standard InChI is InChI=1S/C13H17FN4O6S/c1-24-4-2-3-15-13(21)16-8-5-9(14)12(10(19)6-8)18-7-11(20)17-25(18,22)23/h5-6,19H,2-4,7H2,1H3,(H,17,20)(H2,15,16,21). The summed E-state index contributed by atoms with van der Waals surface area (Å²) in [6.07, 6.45) is 0.580. The number of anilines is 2. The Kier molecular flexibility index (Phi) is 5.64. The zero-order valence-corrected chi connectivity index (χ0v) is 14.0. The lowest BCUT2D eigenvalue weighted by Crippen LogP contribution is -2.31. The topological polar surface area (TPSA) is 137 Å². The molecule has 0 aliphatic carbocycles. The quantitative estimate of drug-likeness (QED) is 0.511. The van der Waals surface area contributed by atoms with Crippen molar-refractivity contribution in [3.05, 3.63) is 17.9 Å². The van der Waals surface area contributed by atoms with Crippen molar-refractivity contribution in [2.24, 2.45) is 0 Å². The molecule has 2 rings (SSSR count). The van der Waals surface area contributed by atoms with Crippen molar-refractivity contribution in [1.29, 1.82) is 0 Å². The Morgan fingerprint density at radius 1 is 1.48 bits per heavy atom. The molecule has 0 spiro atoms. The van der Waals surface area contributed by atoms with Crippen LogP contribution in [0.15, 0.2) is 12.1 Å². The van der Waals surface area contributed by atoms with E-state index < -0.39 is 45.9 Å². The van der Waals surface area contributed by atoms with E-state index >= 15 is 0 Å². The second-order valence-electron chi connectivity index (χ2n) is 5.09. The first-order valence-electron chi connectivity index (χ1n) is 7.14. The smallest absolute Gasteiger partial charge is 0.326 e. The summed E-state index contributed by atoms with van der Waals surface area (Å²) in [5, 5.41) is 14.7. The molecule has 1 aliphatic heterocycles. The third-order valence-electron chi connectivity index (χ3n) is 3.18. The monoisotopic (exact) mass is 376 g/mol. The second-order valence-corrected chi connectivity index (χ2v) is 6.69. The first-order chi connectivity index (χ1) is 11.7. The fourth-order valence-corrected chi connectivity index (χ4v) is 3.31. The van der Waals surface area contributed by atoms with Gasteiger partial charge in [-0.15, -0.1) is 0 Å². The van der Waals surface area contributed by atoms with Crippen LogP contribution in [0, 0.1) is 5.82 Å². The van der Waals surface area contributed by atoms with Gasteiger partial charge in [-0.05, 0) is 12.5 Å². The molecular weight excluding hydrogens is 359 g/mol. The average Bonchev–Trinajstić information content (AvgIpc) is 2.75. The van der Waals surface area contributed by atoms with Gasteiger partial charge in [0.25, 0.3) is 5.91 Å². The van der Waals surface area contributed by atoms with Crippen LogP contribution >= 0.6 is 0 Å². The van der Waals surface area contributed by atoms with Crippen molar-refractivity contribution >= 4 is 33.5 Å². The van der Waals surface area contributed by atoms with Crippen LogP contribution in [0.4, 0.5) is 20.6 Å². The third-order valence-corrected chi connectivity index (χ3v) is 4.56. The van der Waals surface area contributed by atoms with Gasteiger partial charge >= 0.3 is 16.2 Å². The van der Waals surface area contributed by atoms with E-state index in [1.165, 1.54) is 7.11 Å². The summed E-state index contributed by atoms with van der Waals surface area (Å²) >= 11 is 0. The molecule has 0 saturated carbocycles. The molecule has 0 atom stereocenters. The molecule has 0 unspecified atom stereocenters. The highest BCUT2D eigenvalue weighted by Gasteiger charge is 2.37. The highest BCUT2D eigenvalue weighted by molar-refractivity contribution is 7.92. The lowest BCUT2D eigenvalue weighted by molar-refractivity contribution is -0.117.